The van der Waals surface area contributed by atoms with Crippen LogP contribution in [0.5, 0.6) is 0 Å². The monoisotopic (exact) mass is 271 g/mol. The van der Waals surface area contributed by atoms with Gasteiger partial charge in [-0.25, -0.2) is 0 Å². The number of likely N-dealkylation sites (tertiary alicyclic amines) is 1. The smallest absolute Gasteiger partial charge is 0.111 e. The second kappa shape index (κ2) is 5.32. The summed E-state index contributed by atoms with van der Waals surface area (Å²) in [7, 11) is 2.16. The van der Waals surface area contributed by atoms with Gasteiger partial charge in [0.15, 0.2) is 0 Å². The lowest BCUT2D eigenvalue weighted by atomic mass is 10.1. The summed E-state index contributed by atoms with van der Waals surface area (Å²) < 4.78 is 2.02. The molecule has 2 aromatic rings. The van der Waals surface area contributed by atoms with Gasteiger partial charge in [0.2, 0.25) is 0 Å². The third-order valence-corrected chi connectivity index (χ3v) is 3.96. The highest BCUT2D eigenvalue weighted by molar-refractivity contribution is 5.58. The Labute approximate surface area is 119 Å². The van der Waals surface area contributed by atoms with Gasteiger partial charge in [0, 0.05) is 24.6 Å². The maximum absolute atomic E-state index is 4.62. The minimum Gasteiger partial charge on any atom is -0.298 e. The van der Waals surface area contributed by atoms with Crippen LogP contribution in [0.4, 0.5) is 0 Å². The van der Waals surface area contributed by atoms with E-state index >= 15 is 0 Å². The number of hydrogen-bond donors (Lipinski definition) is 0. The number of rotatable bonds is 3. The molecule has 1 unspecified atom stereocenters. The number of nitrogens with zero attached hydrogens (tertiary/aromatic N) is 5. The molecule has 3 heterocycles. The first kappa shape index (κ1) is 13.2. The average molecular weight is 271 g/mol. The van der Waals surface area contributed by atoms with Crippen LogP contribution in [-0.4, -0.2) is 38.2 Å². The Morgan fingerprint density at radius 3 is 2.70 bits per heavy atom. The third kappa shape index (κ3) is 2.22. The second-order valence-corrected chi connectivity index (χ2v) is 5.68. The van der Waals surface area contributed by atoms with E-state index in [0.717, 1.165) is 30.0 Å². The molecule has 0 spiro atoms. The molecular formula is C15H21N5. The standard InChI is InChI=1S/C15H21N5/c1-11(2)20-13(6-7-18-20)15-14(16-8-9-17-15)12-5-4-10-19(12)3/h6-9,11-12H,4-5,10H2,1-3H3. The quantitative estimate of drug-likeness (QED) is 0.861. The van der Waals surface area contributed by atoms with Crippen molar-refractivity contribution in [3.05, 3.63) is 30.4 Å². The molecule has 0 aliphatic carbocycles. The molecule has 0 N–H and O–H groups in total. The number of aromatic nitrogens is 4. The zero-order valence-electron chi connectivity index (χ0n) is 12.3. The molecule has 5 nitrogen and oxygen atoms in total. The summed E-state index contributed by atoms with van der Waals surface area (Å²) >= 11 is 0. The molecule has 0 aromatic carbocycles. The first-order valence-corrected chi connectivity index (χ1v) is 7.23. The van der Waals surface area contributed by atoms with Crippen molar-refractivity contribution < 1.29 is 0 Å². The summed E-state index contributed by atoms with van der Waals surface area (Å²) in [6, 6.07) is 2.72. The predicted octanol–water partition coefficient (Wildman–Crippen LogP) is 2.69. The first-order valence-electron chi connectivity index (χ1n) is 7.23. The maximum atomic E-state index is 4.62. The van der Waals surface area contributed by atoms with Gasteiger partial charge in [0.05, 0.1) is 17.4 Å². The third-order valence-electron chi connectivity index (χ3n) is 3.96. The molecule has 2 aromatic heterocycles. The highest BCUT2D eigenvalue weighted by Crippen LogP contribution is 2.34. The van der Waals surface area contributed by atoms with Crippen molar-refractivity contribution in [3.8, 4) is 11.4 Å². The van der Waals surface area contributed by atoms with Crippen molar-refractivity contribution in [1.29, 1.82) is 0 Å². The molecular weight excluding hydrogens is 250 g/mol. The molecule has 106 valence electrons. The van der Waals surface area contributed by atoms with Crippen LogP contribution in [-0.2, 0) is 0 Å². The van der Waals surface area contributed by atoms with Crippen molar-refractivity contribution in [3.63, 3.8) is 0 Å². The van der Waals surface area contributed by atoms with Crippen LogP contribution >= 0.6 is 0 Å². The van der Waals surface area contributed by atoms with Crippen LogP contribution in [0.2, 0.25) is 0 Å². The van der Waals surface area contributed by atoms with E-state index in [4.69, 9.17) is 0 Å². The lowest BCUT2D eigenvalue weighted by molar-refractivity contribution is 0.312. The Hall–Kier alpha value is -1.75. The van der Waals surface area contributed by atoms with Gasteiger partial charge in [0.25, 0.3) is 0 Å². The Bertz CT molecular complexity index is 589. The van der Waals surface area contributed by atoms with Crippen LogP contribution < -0.4 is 0 Å². The summed E-state index contributed by atoms with van der Waals surface area (Å²) in [6.07, 6.45) is 7.78. The van der Waals surface area contributed by atoms with E-state index in [1.807, 2.05) is 16.9 Å². The molecule has 1 atom stereocenters. The van der Waals surface area contributed by atoms with E-state index in [9.17, 15) is 0 Å². The molecule has 0 bridgehead atoms. The van der Waals surface area contributed by atoms with Gasteiger partial charge in [-0.2, -0.15) is 5.10 Å². The fourth-order valence-electron chi connectivity index (χ4n) is 2.96. The molecule has 0 saturated carbocycles. The molecule has 5 heteroatoms. The Morgan fingerprint density at radius 1 is 1.20 bits per heavy atom. The predicted molar refractivity (Wildman–Crippen MR) is 78.2 cm³/mol. The molecule has 1 aliphatic heterocycles. The topological polar surface area (TPSA) is 46.8 Å². The molecule has 0 radical (unpaired) electrons. The van der Waals surface area contributed by atoms with Crippen molar-refractivity contribution in [2.24, 2.45) is 0 Å². The fourth-order valence-corrected chi connectivity index (χ4v) is 2.96. The van der Waals surface area contributed by atoms with Crippen LogP contribution in [0.25, 0.3) is 11.4 Å². The molecule has 1 saturated heterocycles. The van der Waals surface area contributed by atoms with Gasteiger partial charge >= 0.3 is 0 Å². The highest BCUT2D eigenvalue weighted by Gasteiger charge is 2.28. The molecule has 0 amide bonds. The fraction of sp³-hybridized carbons (Fsp3) is 0.533. The van der Waals surface area contributed by atoms with Gasteiger partial charge < -0.3 is 0 Å². The molecule has 20 heavy (non-hydrogen) atoms. The second-order valence-electron chi connectivity index (χ2n) is 5.68. The summed E-state index contributed by atoms with van der Waals surface area (Å²) in [5.41, 5.74) is 3.11. The van der Waals surface area contributed by atoms with Crippen molar-refractivity contribution >= 4 is 0 Å². The number of hydrogen-bond acceptors (Lipinski definition) is 4. The minimum atomic E-state index is 0.316. The van der Waals surface area contributed by atoms with Crippen LogP contribution in [0.1, 0.15) is 44.5 Å². The van der Waals surface area contributed by atoms with E-state index in [1.165, 1.54) is 6.42 Å². The van der Waals surface area contributed by atoms with E-state index in [0.29, 0.717) is 12.1 Å². The normalized spacial score (nSPS) is 19.9. The largest absolute Gasteiger partial charge is 0.298 e. The van der Waals surface area contributed by atoms with E-state index < -0.39 is 0 Å². The molecule has 1 aliphatic rings. The van der Waals surface area contributed by atoms with Crippen molar-refractivity contribution in [1.82, 2.24) is 24.6 Å². The Balaban J connectivity index is 2.08. The van der Waals surface area contributed by atoms with Gasteiger partial charge in [-0.05, 0) is 46.3 Å². The minimum absolute atomic E-state index is 0.316. The lowest BCUT2D eigenvalue weighted by Crippen LogP contribution is -2.20. The zero-order valence-corrected chi connectivity index (χ0v) is 12.3. The van der Waals surface area contributed by atoms with Crippen molar-refractivity contribution in [2.45, 2.75) is 38.8 Å². The average Bonchev–Trinajstić information content (AvgIpc) is 3.07. The van der Waals surface area contributed by atoms with Crippen molar-refractivity contribution in [2.75, 3.05) is 13.6 Å². The summed E-state index contributed by atoms with van der Waals surface area (Å²) in [5.74, 6) is 0. The van der Waals surface area contributed by atoms with Gasteiger partial charge in [-0.3, -0.25) is 19.5 Å². The van der Waals surface area contributed by atoms with E-state index in [2.05, 4.69) is 40.9 Å². The van der Waals surface area contributed by atoms with Gasteiger partial charge in [0.1, 0.15) is 5.69 Å². The lowest BCUT2D eigenvalue weighted by Gasteiger charge is -2.21. The zero-order chi connectivity index (χ0) is 14.1. The first-order chi connectivity index (χ1) is 9.68. The molecule has 1 fully saturated rings. The van der Waals surface area contributed by atoms with Gasteiger partial charge in [-0.15, -0.1) is 0 Å². The molecule has 3 rings (SSSR count). The summed E-state index contributed by atoms with van der Waals surface area (Å²) in [6.45, 7) is 5.40. The van der Waals surface area contributed by atoms with E-state index in [1.54, 1.807) is 12.4 Å². The highest BCUT2D eigenvalue weighted by atomic mass is 15.3. The Morgan fingerprint density at radius 2 is 2.00 bits per heavy atom. The summed E-state index contributed by atoms with van der Waals surface area (Å²) in [5, 5.41) is 4.41. The van der Waals surface area contributed by atoms with Gasteiger partial charge in [-0.1, -0.05) is 0 Å². The Kier molecular flexibility index (Phi) is 3.53. The van der Waals surface area contributed by atoms with Crippen LogP contribution in [0.3, 0.4) is 0 Å². The maximum Gasteiger partial charge on any atom is 0.111 e. The van der Waals surface area contributed by atoms with Crippen LogP contribution in [0, 0.1) is 0 Å². The van der Waals surface area contributed by atoms with E-state index in [-0.39, 0.29) is 0 Å². The summed E-state index contributed by atoms with van der Waals surface area (Å²) in [4.78, 5) is 11.6. The van der Waals surface area contributed by atoms with Crippen LogP contribution in [0.15, 0.2) is 24.7 Å². The SMILES string of the molecule is CC(C)n1nccc1-c1nccnc1C1CCCN1C.